The Morgan fingerprint density at radius 2 is 2.05 bits per heavy atom. The Morgan fingerprint density at radius 1 is 1.24 bits per heavy atom. The van der Waals surface area contributed by atoms with Crippen molar-refractivity contribution in [3.63, 3.8) is 0 Å². The monoisotopic (exact) mass is 316 g/mol. The summed E-state index contributed by atoms with van der Waals surface area (Å²) in [7, 11) is 1.68. The van der Waals surface area contributed by atoms with Gasteiger partial charge in [0, 0.05) is 39.1 Å². The molecule has 0 bridgehead atoms. The smallest absolute Gasteiger partial charge is 0.232 e. The molecule has 5 nitrogen and oxygen atoms in total. The molecule has 6 heteroatoms. The minimum atomic E-state index is 0.426. The summed E-state index contributed by atoms with van der Waals surface area (Å²) in [4.78, 5) is 4.23. The van der Waals surface area contributed by atoms with Crippen LogP contribution in [0.5, 0.6) is 5.88 Å². The fourth-order valence-corrected chi connectivity index (χ4v) is 1.84. The van der Waals surface area contributed by atoms with Crippen molar-refractivity contribution in [2.45, 2.75) is 32.9 Å². The quantitative estimate of drug-likeness (QED) is 0.636. The van der Waals surface area contributed by atoms with Crippen molar-refractivity contribution in [1.29, 1.82) is 0 Å². The third-order valence-corrected chi connectivity index (χ3v) is 2.95. The Morgan fingerprint density at radius 3 is 2.71 bits per heavy atom. The number of nitrogens with zero attached hydrogens (tertiary/aromatic N) is 1. The van der Waals surface area contributed by atoms with E-state index in [1.165, 1.54) is 0 Å². The molecule has 0 aliphatic rings. The molecular weight excluding hydrogens is 292 g/mol. The van der Waals surface area contributed by atoms with Gasteiger partial charge in [0.2, 0.25) is 5.88 Å². The third kappa shape index (κ3) is 8.21. The van der Waals surface area contributed by atoms with Crippen LogP contribution in [0.25, 0.3) is 0 Å². The molecule has 0 fully saturated rings. The van der Waals surface area contributed by atoms with E-state index in [1.54, 1.807) is 13.3 Å². The minimum Gasteiger partial charge on any atom is -0.474 e. The summed E-state index contributed by atoms with van der Waals surface area (Å²) in [6.07, 6.45) is 2.66. The maximum Gasteiger partial charge on any atom is 0.232 e. The Hall–Kier alpha value is -0.880. The summed E-state index contributed by atoms with van der Waals surface area (Å²) in [5.74, 6) is 0.449. The summed E-state index contributed by atoms with van der Waals surface area (Å²) in [6, 6.07) is 2.30. The van der Waals surface area contributed by atoms with E-state index in [0.29, 0.717) is 43.4 Å². The average Bonchev–Trinajstić information content (AvgIpc) is 2.46. The second-order valence-corrected chi connectivity index (χ2v) is 5.38. The Kier molecular flexibility index (Phi) is 9.34. The van der Waals surface area contributed by atoms with Gasteiger partial charge in [-0.25, -0.2) is 4.98 Å². The molecule has 21 heavy (non-hydrogen) atoms. The fourth-order valence-electron chi connectivity index (χ4n) is 1.59. The molecule has 0 atom stereocenters. The van der Waals surface area contributed by atoms with E-state index in [0.717, 1.165) is 18.5 Å². The van der Waals surface area contributed by atoms with Crippen LogP contribution in [0.15, 0.2) is 12.3 Å². The summed E-state index contributed by atoms with van der Waals surface area (Å²) in [5.41, 5.74) is 1.04. The highest BCUT2D eigenvalue weighted by molar-refractivity contribution is 6.31. The van der Waals surface area contributed by atoms with Crippen LogP contribution in [-0.4, -0.2) is 44.6 Å². The molecule has 0 saturated heterocycles. The Bertz CT molecular complexity index is 403. The SMILES string of the molecule is COCCCOCCOc1ncc(CNC(C)C)cc1Cl. The number of pyridine rings is 1. The molecule has 0 spiro atoms. The zero-order valence-corrected chi connectivity index (χ0v) is 13.8. The molecule has 0 unspecified atom stereocenters. The summed E-state index contributed by atoms with van der Waals surface area (Å²) in [5, 5.41) is 3.84. The minimum absolute atomic E-state index is 0.426. The van der Waals surface area contributed by atoms with Crippen LogP contribution in [0.3, 0.4) is 0 Å². The summed E-state index contributed by atoms with van der Waals surface area (Å²) in [6.45, 7) is 7.26. The van der Waals surface area contributed by atoms with Crippen LogP contribution in [0.2, 0.25) is 5.02 Å². The van der Waals surface area contributed by atoms with E-state index in [-0.39, 0.29) is 0 Å². The van der Waals surface area contributed by atoms with Gasteiger partial charge in [0.1, 0.15) is 11.6 Å². The lowest BCUT2D eigenvalue weighted by molar-refractivity contribution is 0.0796. The first-order valence-electron chi connectivity index (χ1n) is 7.20. The van der Waals surface area contributed by atoms with Gasteiger partial charge >= 0.3 is 0 Å². The number of methoxy groups -OCH3 is 1. The summed E-state index contributed by atoms with van der Waals surface area (Å²) >= 11 is 6.15. The van der Waals surface area contributed by atoms with Crippen molar-refractivity contribution < 1.29 is 14.2 Å². The number of ether oxygens (including phenoxy) is 3. The maximum absolute atomic E-state index is 6.15. The molecule has 1 aromatic heterocycles. The lowest BCUT2D eigenvalue weighted by Gasteiger charge is -2.10. The average molecular weight is 317 g/mol. The topological polar surface area (TPSA) is 52.6 Å². The van der Waals surface area contributed by atoms with Gasteiger partial charge in [-0.3, -0.25) is 0 Å². The third-order valence-electron chi connectivity index (χ3n) is 2.68. The van der Waals surface area contributed by atoms with Crippen LogP contribution in [0, 0.1) is 0 Å². The van der Waals surface area contributed by atoms with Crippen LogP contribution >= 0.6 is 11.6 Å². The highest BCUT2D eigenvalue weighted by Gasteiger charge is 2.05. The van der Waals surface area contributed by atoms with Crippen LogP contribution in [-0.2, 0) is 16.0 Å². The first kappa shape index (κ1) is 18.2. The van der Waals surface area contributed by atoms with Gasteiger partial charge in [0.15, 0.2) is 0 Å². The Labute approximate surface area is 131 Å². The number of hydrogen-bond donors (Lipinski definition) is 1. The highest BCUT2D eigenvalue weighted by atomic mass is 35.5. The molecule has 0 saturated carbocycles. The molecule has 0 amide bonds. The van der Waals surface area contributed by atoms with Crippen molar-refractivity contribution in [3.05, 3.63) is 22.8 Å². The zero-order chi connectivity index (χ0) is 15.5. The molecule has 0 aromatic carbocycles. The second kappa shape index (κ2) is 10.8. The van der Waals surface area contributed by atoms with E-state index in [4.69, 9.17) is 25.8 Å². The van der Waals surface area contributed by atoms with E-state index in [9.17, 15) is 0 Å². The lowest BCUT2D eigenvalue weighted by Crippen LogP contribution is -2.21. The van der Waals surface area contributed by atoms with E-state index >= 15 is 0 Å². The molecule has 120 valence electrons. The fraction of sp³-hybridized carbons (Fsp3) is 0.667. The van der Waals surface area contributed by atoms with Crippen molar-refractivity contribution in [3.8, 4) is 5.88 Å². The van der Waals surface area contributed by atoms with Gasteiger partial charge in [-0.05, 0) is 18.1 Å². The van der Waals surface area contributed by atoms with Crippen LogP contribution < -0.4 is 10.1 Å². The molecule has 0 aliphatic heterocycles. The van der Waals surface area contributed by atoms with Gasteiger partial charge < -0.3 is 19.5 Å². The van der Waals surface area contributed by atoms with Gasteiger partial charge in [-0.1, -0.05) is 25.4 Å². The van der Waals surface area contributed by atoms with Crippen molar-refractivity contribution >= 4 is 11.6 Å². The van der Waals surface area contributed by atoms with Gasteiger partial charge in [0.05, 0.1) is 6.61 Å². The first-order chi connectivity index (χ1) is 10.1. The molecule has 1 rings (SSSR count). The first-order valence-corrected chi connectivity index (χ1v) is 7.58. The molecule has 0 aliphatic carbocycles. The van der Waals surface area contributed by atoms with Crippen molar-refractivity contribution in [1.82, 2.24) is 10.3 Å². The van der Waals surface area contributed by atoms with E-state index < -0.39 is 0 Å². The number of halogens is 1. The summed E-state index contributed by atoms with van der Waals surface area (Å²) < 4.78 is 15.8. The van der Waals surface area contributed by atoms with Gasteiger partial charge in [-0.15, -0.1) is 0 Å². The standard InChI is InChI=1S/C15H25ClN2O3/c1-12(2)17-10-13-9-14(16)15(18-11-13)21-8-7-20-6-4-5-19-3/h9,11-12,17H,4-8,10H2,1-3H3. The number of nitrogens with one attached hydrogen (secondary N) is 1. The van der Waals surface area contributed by atoms with Crippen molar-refractivity contribution in [2.75, 3.05) is 33.5 Å². The number of rotatable bonds is 11. The molecule has 1 heterocycles. The Balaban J connectivity index is 2.26. The highest BCUT2D eigenvalue weighted by Crippen LogP contribution is 2.22. The van der Waals surface area contributed by atoms with Crippen molar-refractivity contribution in [2.24, 2.45) is 0 Å². The van der Waals surface area contributed by atoms with E-state index in [1.807, 2.05) is 6.07 Å². The maximum atomic E-state index is 6.15. The number of aromatic nitrogens is 1. The molecular formula is C15H25ClN2O3. The van der Waals surface area contributed by atoms with Gasteiger partial charge in [-0.2, -0.15) is 0 Å². The largest absolute Gasteiger partial charge is 0.474 e. The predicted molar refractivity (Wildman–Crippen MR) is 84.0 cm³/mol. The normalized spacial score (nSPS) is 11.1. The van der Waals surface area contributed by atoms with Crippen LogP contribution in [0.4, 0.5) is 0 Å². The van der Waals surface area contributed by atoms with Gasteiger partial charge in [0.25, 0.3) is 0 Å². The molecule has 1 N–H and O–H groups in total. The lowest BCUT2D eigenvalue weighted by atomic mass is 10.2. The molecule has 1 aromatic rings. The van der Waals surface area contributed by atoms with Crippen LogP contribution in [0.1, 0.15) is 25.8 Å². The molecule has 0 radical (unpaired) electrons. The number of hydrogen-bond acceptors (Lipinski definition) is 5. The zero-order valence-electron chi connectivity index (χ0n) is 13.0. The van der Waals surface area contributed by atoms with E-state index in [2.05, 4.69) is 24.1 Å². The second-order valence-electron chi connectivity index (χ2n) is 4.97. The predicted octanol–water partition coefficient (Wildman–Crippen LogP) is 2.66.